The van der Waals surface area contributed by atoms with Crippen LogP contribution in [0.5, 0.6) is 5.75 Å². The van der Waals surface area contributed by atoms with E-state index in [-0.39, 0.29) is 12.4 Å². The van der Waals surface area contributed by atoms with Crippen LogP contribution in [-0.2, 0) is 0 Å². The highest BCUT2D eigenvalue weighted by Crippen LogP contribution is 2.21. The van der Waals surface area contributed by atoms with Crippen molar-refractivity contribution in [1.29, 1.82) is 5.26 Å². The van der Waals surface area contributed by atoms with Crippen molar-refractivity contribution in [2.75, 3.05) is 6.61 Å². The summed E-state index contributed by atoms with van der Waals surface area (Å²) >= 11 is 11.8. The van der Waals surface area contributed by atoms with Gasteiger partial charge in [0.15, 0.2) is 6.61 Å². The van der Waals surface area contributed by atoms with Crippen molar-refractivity contribution in [2.45, 2.75) is 0 Å². The zero-order valence-corrected chi connectivity index (χ0v) is 11.8. The summed E-state index contributed by atoms with van der Waals surface area (Å²) in [4.78, 5) is 12.0. The molecule has 0 N–H and O–H groups in total. The van der Waals surface area contributed by atoms with Gasteiger partial charge in [0.1, 0.15) is 5.75 Å². The lowest BCUT2D eigenvalue weighted by molar-refractivity contribution is 0.0921. The highest BCUT2D eigenvalue weighted by atomic mass is 35.5. The first-order valence-electron chi connectivity index (χ1n) is 5.71. The van der Waals surface area contributed by atoms with Crippen molar-refractivity contribution >= 4 is 29.0 Å². The smallest absolute Gasteiger partial charge is 0.201 e. The first kappa shape index (κ1) is 14.4. The minimum Gasteiger partial charge on any atom is -0.485 e. The van der Waals surface area contributed by atoms with E-state index in [1.54, 1.807) is 36.4 Å². The van der Waals surface area contributed by atoms with E-state index in [0.717, 1.165) is 0 Å². The fourth-order valence-electron chi connectivity index (χ4n) is 1.59. The monoisotopic (exact) mass is 305 g/mol. The Morgan fingerprint density at radius 3 is 2.75 bits per heavy atom. The minimum absolute atomic E-state index is 0.172. The lowest BCUT2D eigenvalue weighted by atomic mass is 10.1. The van der Waals surface area contributed by atoms with Gasteiger partial charge in [0, 0.05) is 10.6 Å². The van der Waals surface area contributed by atoms with E-state index in [9.17, 15) is 4.79 Å². The third-order valence-corrected chi connectivity index (χ3v) is 3.13. The second kappa shape index (κ2) is 6.42. The number of carbonyl (C=O) groups excluding carboxylic acids is 1. The van der Waals surface area contributed by atoms with E-state index >= 15 is 0 Å². The van der Waals surface area contributed by atoms with Crippen molar-refractivity contribution in [2.24, 2.45) is 0 Å². The molecule has 0 heterocycles. The number of nitriles is 1. The molecule has 5 heteroatoms. The molecule has 2 aromatic rings. The van der Waals surface area contributed by atoms with Gasteiger partial charge in [-0.2, -0.15) is 5.26 Å². The molecule has 0 radical (unpaired) electrons. The number of ether oxygens (including phenoxy) is 1. The van der Waals surface area contributed by atoms with Gasteiger partial charge in [0.25, 0.3) is 0 Å². The number of halogens is 2. The normalized spacial score (nSPS) is 9.85. The Morgan fingerprint density at radius 2 is 2.00 bits per heavy atom. The molecule has 0 atom stereocenters. The fourth-order valence-corrected chi connectivity index (χ4v) is 1.99. The molecule has 0 aliphatic carbocycles. The maximum atomic E-state index is 12.0. The Morgan fingerprint density at radius 1 is 1.20 bits per heavy atom. The summed E-state index contributed by atoms with van der Waals surface area (Å²) < 4.78 is 5.36. The van der Waals surface area contributed by atoms with Gasteiger partial charge in [-0.1, -0.05) is 29.3 Å². The van der Waals surface area contributed by atoms with Gasteiger partial charge in [0.2, 0.25) is 5.78 Å². The van der Waals surface area contributed by atoms with Crippen molar-refractivity contribution in [3.05, 3.63) is 63.6 Å². The summed E-state index contributed by atoms with van der Waals surface area (Å²) in [5.41, 5.74) is 0.784. The summed E-state index contributed by atoms with van der Waals surface area (Å²) in [6.45, 7) is -0.172. The predicted octanol–water partition coefficient (Wildman–Crippen LogP) is 4.13. The van der Waals surface area contributed by atoms with Crippen LogP contribution in [-0.4, -0.2) is 12.4 Å². The highest BCUT2D eigenvalue weighted by Gasteiger charge is 2.12. The zero-order chi connectivity index (χ0) is 14.5. The SMILES string of the molecule is N#Cc1cccc(OCC(=O)c2cc(Cl)ccc2Cl)c1. The quantitative estimate of drug-likeness (QED) is 0.798. The predicted molar refractivity (Wildman–Crippen MR) is 77.4 cm³/mol. The number of Topliss-reactive ketones (excluding diaryl/α,β-unsaturated/α-hetero) is 1. The fraction of sp³-hybridized carbons (Fsp3) is 0.0667. The Labute approximate surface area is 126 Å². The molecule has 0 bridgehead atoms. The van der Waals surface area contributed by atoms with E-state index < -0.39 is 0 Å². The van der Waals surface area contributed by atoms with E-state index in [1.165, 1.54) is 6.07 Å². The Bertz CT molecular complexity index is 693. The van der Waals surface area contributed by atoms with Crippen molar-refractivity contribution in [3.8, 4) is 11.8 Å². The van der Waals surface area contributed by atoms with Crippen molar-refractivity contribution in [3.63, 3.8) is 0 Å². The molecule has 2 aromatic carbocycles. The second-order valence-electron chi connectivity index (χ2n) is 3.98. The molecule has 3 nitrogen and oxygen atoms in total. The topological polar surface area (TPSA) is 50.1 Å². The largest absolute Gasteiger partial charge is 0.485 e. The van der Waals surface area contributed by atoms with Crippen LogP contribution in [0.1, 0.15) is 15.9 Å². The molecule has 0 unspecified atom stereocenters. The zero-order valence-electron chi connectivity index (χ0n) is 10.3. The maximum Gasteiger partial charge on any atom is 0.201 e. The van der Waals surface area contributed by atoms with E-state index in [0.29, 0.717) is 26.9 Å². The van der Waals surface area contributed by atoms with Crippen LogP contribution in [0.4, 0.5) is 0 Å². The lowest BCUT2D eigenvalue weighted by Crippen LogP contribution is -2.12. The molecule has 2 rings (SSSR count). The average molecular weight is 306 g/mol. The number of benzene rings is 2. The van der Waals surface area contributed by atoms with Crippen LogP contribution in [0.25, 0.3) is 0 Å². The Balaban J connectivity index is 2.09. The molecule has 0 spiro atoms. The minimum atomic E-state index is -0.278. The molecule has 0 aliphatic heterocycles. The first-order valence-corrected chi connectivity index (χ1v) is 6.47. The number of nitrogens with zero attached hydrogens (tertiary/aromatic N) is 1. The van der Waals surface area contributed by atoms with E-state index in [1.807, 2.05) is 6.07 Å². The van der Waals surface area contributed by atoms with Gasteiger partial charge < -0.3 is 4.74 Å². The molecule has 0 fully saturated rings. The molecular weight excluding hydrogens is 297 g/mol. The number of rotatable bonds is 4. The average Bonchev–Trinajstić information content (AvgIpc) is 2.47. The molecule has 0 amide bonds. The van der Waals surface area contributed by atoms with Crippen LogP contribution < -0.4 is 4.74 Å². The van der Waals surface area contributed by atoms with Crippen LogP contribution >= 0.6 is 23.2 Å². The van der Waals surface area contributed by atoms with Crippen LogP contribution in [0.15, 0.2) is 42.5 Å². The third kappa shape index (κ3) is 3.51. The maximum absolute atomic E-state index is 12.0. The summed E-state index contributed by atoms with van der Waals surface area (Å²) in [7, 11) is 0. The van der Waals surface area contributed by atoms with Gasteiger partial charge >= 0.3 is 0 Å². The first-order chi connectivity index (χ1) is 9.60. The van der Waals surface area contributed by atoms with E-state index in [2.05, 4.69) is 0 Å². The van der Waals surface area contributed by atoms with Crippen LogP contribution in [0.3, 0.4) is 0 Å². The molecule has 0 saturated carbocycles. The van der Waals surface area contributed by atoms with Crippen molar-refractivity contribution < 1.29 is 9.53 Å². The molecule has 0 aliphatic rings. The number of hydrogen-bond donors (Lipinski definition) is 0. The highest BCUT2D eigenvalue weighted by molar-refractivity contribution is 6.35. The standard InChI is InChI=1S/C15H9Cl2NO2/c16-11-4-5-14(17)13(7-11)15(19)9-20-12-3-1-2-10(6-12)8-18/h1-7H,9H2. The van der Waals surface area contributed by atoms with Crippen LogP contribution in [0.2, 0.25) is 10.0 Å². The van der Waals surface area contributed by atoms with Gasteiger partial charge in [-0.05, 0) is 36.4 Å². The number of ketones is 1. The molecular formula is C15H9Cl2NO2. The summed E-state index contributed by atoms with van der Waals surface area (Å²) in [6.07, 6.45) is 0. The van der Waals surface area contributed by atoms with E-state index in [4.69, 9.17) is 33.2 Å². The molecule has 100 valence electrons. The van der Waals surface area contributed by atoms with Gasteiger partial charge in [-0.15, -0.1) is 0 Å². The lowest BCUT2D eigenvalue weighted by Gasteiger charge is -2.07. The number of hydrogen-bond acceptors (Lipinski definition) is 3. The van der Waals surface area contributed by atoms with Gasteiger partial charge in [-0.3, -0.25) is 4.79 Å². The Hall–Kier alpha value is -2.02. The van der Waals surface area contributed by atoms with Gasteiger partial charge in [-0.25, -0.2) is 0 Å². The Kier molecular flexibility index (Phi) is 4.62. The van der Waals surface area contributed by atoms with Crippen LogP contribution in [0, 0.1) is 11.3 Å². The summed E-state index contributed by atoms with van der Waals surface area (Å²) in [5.74, 6) is 0.176. The number of carbonyl (C=O) groups is 1. The summed E-state index contributed by atoms with van der Waals surface area (Å²) in [6, 6.07) is 13.3. The van der Waals surface area contributed by atoms with Gasteiger partial charge in [0.05, 0.1) is 16.7 Å². The molecule has 20 heavy (non-hydrogen) atoms. The molecule has 0 aromatic heterocycles. The van der Waals surface area contributed by atoms with Crippen molar-refractivity contribution in [1.82, 2.24) is 0 Å². The second-order valence-corrected chi connectivity index (χ2v) is 4.82. The molecule has 0 saturated heterocycles. The third-order valence-electron chi connectivity index (χ3n) is 2.56. The summed E-state index contributed by atoms with van der Waals surface area (Å²) in [5, 5.41) is 9.54.